The molecule has 1 saturated heterocycles. The number of nitriles is 1. The molecule has 0 saturated carbocycles. The number of amides is 1. The summed E-state index contributed by atoms with van der Waals surface area (Å²) in [5, 5.41) is 13.7. The number of carbonyl (C=O) groups excluding carboxylic acids is 1. The SMILES string of the molecule is CC(C)(C)[Si](OC[C@@H]1CCC(=O)N1COCCOc1cc2c(Cl)nccc2cc1C#N)(c1ccccc1)c1ccccc1. The number of benzene rings is 3. The lowest BCUT2D eigenvalue weighted by Crippen LogP contribution is -2.67. The number of rotatable bonds is 11. The van der Waals surface area contributed by atoms with Crippen molar-refractivity contribution >= 4 is 47.0 Å². The van der Waals surface area contributed by atoms with E-state index in [9.17, 15) is 10.1 Å². The Hall–Kier alpha value is -3.74. The zero-order valence-electron chi connectivity index (χ0n) is 24.8. The first-order chi connectivity index (χ1) is 20.7. The number of likely N-dealkylation sites (tertiary alicyclic amines) is 1. The molecule has 0 bridgehead atoms. The van der Waals surface area contributed by atoms with E-state index in [1.54, 1.807) is 29.3 Å². The van der Waals surface area contributed by atoms with Crippen LogP contribution in [0.4, 0.5) is 0 Å². The van der Waals surface area contributed by atoms with Crippen molar-refractivity contribution in [1.82, 2.24) is 9.88 Å². The first kappa shape index (κ1) is 30.7. The second kappa shape index (κ2) is 13.3. The number of nitrogens with zero attached hydrogens (tertiary/aromatic N) is 3. The smallest absolute Gasteiger partial charge is 0.261 e. The molecule has 1 atom stereocenters. The zero-order chi connectivity index (χ0) is 30.5. The predicted octanol–water partition coefficient (Wildman–Crippen LogP) is 5.68. The lowest BCUT2D eigenvalue weighted by Gasteiger charge is -2.44. The summed E-state index contributed by atoms with van der Waals surface area (Å²) in [6.45, 7) is 7.78. The average molecular weight is 614 g/mol. The maximum atomic E-state index is 12.9. The molecule has 1 aliphatic heterocycles. The molecule has 0 spiro atoms. The summed E-state index contributed by atoms with van der Waals surface area (Å²) in [6.07, 6.45) is 2.78. The van der Waals surface area contributed by atoms with Crippen LogP contribution >= 0.6 is 11.6 Å². The van der Waals surface area contributed by atoms with Crippen molar-refractivity contribution in [3.63, 3.8) is 0 Å². The largest absolute Gasteiger partial charge is 0.490 e. The summed E-state index contributed by atoms with van der Waals surface area (Å²) in [5.41, 5.74) is 0.407. The quantitative estimate of drug-likeness (QED) is 0.123. The van der Waals surface area contributed by atoms with Gasteiger partial charge in [-0.2, -0.15) is 5.26 Å². The minimum absolute atomic E-state index is 0.0559. The Morgan fingerprint density at radius 2 is 1.70 bits per heavy atom. The van der Waals surface area contributed by atoms with Gasteiger partial charge in [0.25, 0.3) is 8.32 Å². The Morgan fingerprint density at radius 1 is 1.02 bits per heavy atom. The monoisotopic (exact) mass is 613 g/mol. The third-order valence-corrected chi connectivity index (χ3v) is 13.3. The number of pyridine rings is 1. The van der Waals surface area contributed by atoms with Crippen molar-refractivity contribution in [2.45, 2.75) is 44.7 Å². The van der Waals surface area contributed by atoms with E-state index >= 15 is 0 Å². The molecule has 5 rings (SSSR count). The molecule has 1 fully saturated rings. The van der Waals surface area contributed by atoms with Crippen LogP contribution in [0.5, 0.6) is 5.75 Å². The minimum Gasteiger partial charge on any atom is -0.490 e. The van der Waals surface area contributed by atoms with E-state index in [0.717, 1.165) is 5.39 Å². The van der Waals surface area contributed by atoms with Gasteiger partial charge in [0.05, 0.1) is 24.8 Å². The van der Waals surface area contributed by atoms with E-state index in [4.69, 9.17) is 25.5 Å². The second-order valence-electron chi connectivity index (χ2n) is 11.7. The van der Waals surface area contributed by atoms with E-state index < -0.39 is 8.32 Å². The van der Waals surface area contributed by atoms with E-state index in [0.29, 0.717) is 41.3 Å². The Bertz CT molecular complexity index is 1570. The average Bonchev–Trinajstić information content (AvgIpc) is 3.36. The van der Waals surface area contributed by atoms with Crippen LogP contribution in [0.25, 0.3) is 10.8 Å². The van der Waals surface area contributed by atoms with Crippen LogP contribution in [0.3, 0.4) is 0 Å². The van der Waals surface area contributed by atoms with E-state index in [1.165, 1.54) is 10.4 Å². The Balaban J connectivity index is 1.25. The van der Waals surface area contributed by atoms with Crippen LogP contribution in [0, 0.1) is 11.3 Å². The van der Waals surface area contributed by atoms with Crippen LogP contribution in [0.15, 0.2) is 85.1 Å². The van der Waals surface area contributed by atoms with Gasteiger partial charge in [0.1, 0.15) is 30.3 Å². The summed E-state index contributed by atoms with van der Waals surface area (Å²) in [6, 6.07) is 28.4. The van der Waals surface area contributed by atoms with E-state index in [2.05, 4.69) is 80.4 Å². The fourth-order valence-corrected chi connectivity index (χ4v) is 10.7. The fraction of sp³-hybridized carbons (Fsp3) is 0.324. The van der Waals surface area contributed by atoms with Gasteiger partial charge in [-0.25, -0.2) is 4.98 Å². The van der Waals surface area contributed by atoms with Crippen molar-refractivity contribution in [3.05, 3.63) is 95.8 Å². The fourth-order valence-electron chi connectivity index (χ4n) is 5.87. The molecule has 0 aliphatic carbocycles. The van der Waals surface area contributed by atoms with Gasteiger partial charge in [-0.3, -0.25) is 4.79 Å². The van der Waals surface area contributed by atoms with Gasteiger partial charge in [0.15, 0.2) is 0 Å². The Kier molecular flexibility index (Phi) is 9.48. The molecule has 7 nitrogen and oxygen atoms in total. The number of aromatic nitrogens is 1. The molecule has 222 valence electrons. The molecule has 1 aromatic heterocycles. The van der Waals surface area contributed by atoms with Crippen molar-refractivity contribution in [3.8, 4) is 11.8 Å². The lowest BCUT2D eigenvalue weighted by molar-refractivity contribution is -0.135. The van der Waals surface area contributed by atoms with Gasteiger partial charge < -0.3 is 18.8 Å². The summed E-state index contributed by atoms with van der Waals surface area (Å²) in [5.74, 6) is 0.475. The Morgan fingerprint density at radius 3 is 2.33 bits per heavy atom. The van der Waals surface area contributed by atoms with E-state index in [1.807, 2.05) is 12.1 Å². The van der Waals surface area contributed by atoms with Crippen LogP contribution in [0.1, 0.15) is 39.2 Å². The van der Waals surface area contributed by atoms with Crippen LogP contribution < -0.4 is 15.1 Å². The molecule has 1 amide bonds. The molecule has 4 aromatic rings. The summed E-state index contributed by atoms with van der Waals surface area (Å²) in [4.78, 5) is 18.8. The van der Waals surface area contributed by atoms with Gasteiger partial charge in [0, 0.05) is 18.0 Å². The molecule has 0 radical (unpaired) electrons. The predicted molar refractivity (Wildman–Crippen MR) is 171 cm³/mol. The van der Waals surface area contributed by atoms with Gasteiger partial charge >= 0.3 is 0 Å². The molecule has 9 heteroatoms. The summed E-state index contributed by atoms with van der Waals surface area (Å²) in [7, 11) is -2.72. The number of ether oxygens (including phenoxy) is 2. The number of fused-ring (bicyclic) bond motifs is 1. The highest BCUT2D eigenvalue weighted by Gasteiger charge is 2.51. The molecule has 3 aromatic carbocycles. The zero-order valence-corrected chi connectivity index (χ0v) is 26.5. The second-order valence-corrected chi connectivity index (χ2v) is 16.4. The normalized spacial score (nSPS) is 15.6. The molecule has 1 aliphatic rings. The highest BCUT2D eigenvalue weighted by atomic mass is 35.5. The van der Waals surface area contributed by atoms with Crippen molar-refractivity contribution in [1.29, 1.82) is 5.26 Å². The van der Waals surface area contributed by atoms with Crippen molar-refractivity contribution in [2.24, 2.45) is 0 Å². The highest BCUT2D eigenvalue weighted by Crippen LogP contribution is 2.37. The number of hydrogen-bond donors (Lipinski definition) is 0. The molecular formula is C34H36ClN3O4Si. The summed E-state index contributed by atoms with van der Waals surface area (Å²) >= 11 is 6.24. The molecule has 0 unspecified atom stereocenters. The third-order valence-electron chi connectivity index (χ3n) is 8.01. The molecular weight excluding hydrogens is 578 g/mol. The van der Waals surface area contributed by atoms with Gasteiger partial charge in [-0.05, 0) is 45.4 Å². The van der Waals surface area contributed by atoms with Crippen molar-refractivity contribution < 1.29 is 18.7 Å². The van der Waals surface area contributed by atoms with Gasteiger partial charge in [-0.15, -0.1) is 0 Å². The lowest BCUT2D eigenvalue weighted by atomic mass is 10.1. The molecule has 2 heterocycles. The number of carbonyl (C=O) groups is 1. The standard InChI is InChI=1S/C34H36ClN3O4Si/c1-34(2,3)43(28-10-6-4-7-11-28,29-12-8-5-9-13-29)42-23-27-14-15-32(39)38(27)24-40-18-19-41-31-21-30-25(20-26(31)22-36)16-17-37-33(30)35/h4-13,16-17,20-21,27H,14-15,18-19,23-24H2,1-3H3/t27-/m0/s1. The van der Waals surface area contributed by atoms with E-state index in [-0.39, 0.29) is 36.9 Å². The first-order valence-electron chi connectivity index (χ1n) is 14.5. The Labute approximate surface area is 259 Å². The van der Waals surface area contributed by atoms with Crippen LogP contribution in [-0.2, 0) is 14.0 Å². The highest BCUT2D eigenvalue weighted by molar-refractivity contribution is 6.99. The molecule has 43 heavy (non-hydrogen) atoms. The van der Waals surface area contributed by atoms with Crippen LogP contribution in [0.2, 0.25) is 10.2 Å². The summed E-state index contributed by atoms with van der Waals surface area (Å²) < 4.78 is 18.9. The number of hydrogen-bond acceptors (Lipinski definition) is 6. The van der Waals surface area contributed by atoms with Crippen molar-refractivity contribution in [2.75, 3.05) is 26.6 Å². The van der Waals surface area contributed by atoms with Gasteiger partial charge in [0.2, 0.25) is 5.91 Å². The maximum absolute atomic E-state index is 12.9. The van der Waals surface area contributed by atoms with Crippen LogP contribution in [-0.4, -0.2) is 56.7 Å². The molecule has 0 N–H and O–H groups in total. The number of halogens is 1. The minimum atomic E-state index is -2.72. The third kappa shape index (κ3) is 6.46. The maximum Gasteiger partial charge on any atom is 0.261 e. The topological polar surface area (TPSA) is 84.7 Å². The van der Waals surface area contributed by atoms with Gasteiger partial charge in [-0.1, -0.05) is 93.0 Å². The first-order valence-corrected chi connectivity index (χ1v) is 16.8.